The normalized spacial score (nSPS) is 12.8. The zero-order valence-corrected chi connectivity index (χ0v) is 11.7. The van der Waals surface area contributed by atoms with Crippen LogP contribution in [0.1, 0.15) is 23.5 Å². The van der Waals surface area contributed by atoms with Crippen molar-refractivity contribution >= 4 is 21.4 Å². The molecule has 2 aromatic rings. The van der Waals surface area contributed by atoms with Crippen molar-refractivity contribution in [2.75, 3.05) is 0 Å². The van der Waals surface area contributed by atoms with Gasteiger partial charge in [-0.05, 0) is 30.5 Å². The molecule has 0 aliphatic rings. The van der Waals surface area contributed by atoms with Crippen LogP contribution in [-0.4, -0.2) is 13.4 Å². The molecule has 0 aromatic carbocycles. The average molecular weight is 293 g/mol. The maximum absolute atomic E-state index is 12.1. The molecule has 2 aromatic heterocycles. The molecule has 0 aliphatic carbocycles. The number of hydrogen-bond acceptors (Lipinski definition) is 5. The molecule has 7 heteroatoms. The summed E-state index contributed by atoms with van der Waals surface area (Å²) in [6, 6.07) is 8.03. The van der Waals surface area contributed by atoms with E-state index in [0.717, 1.165) is 4.88 Å². The van der Waals surface area contributed by atoms with Crippen LogP contribution in [0.2, 0.25) is 0 Å². The van der Waals surface area contributed by atoms with Crippen LogP contribution < -0.4 is 4.72 Å². The lowest BCUT2D eigenvalue weighted by Gasteiger charge is -2.12. The van der Waals surface area contributed by atoms with E-state index in [1.54, 1.807) is 6.92 Å². The molecule has 98 valence electrons. The highest BCUT2D eigenvalue weighted by molar-refractivity contribution is 7.89. The molecule has 0 amide bonds. The minimum absolute atomic E-state index is 0.0508. The van der Waals surface area contributed by atoms with Crippen molar-refractivity contribution in [3.8, 4) is 6.07 Å². The molecule has 0 spiro atoms. The molecule has 2 rings (SSSR count). The lowest BCUT2D eigenvalue weighted by molar-refractivity contribution is 0.568. The fourth-order valence-electron chi connectivity index (χ4n) is 1.50. The van der Waals surface area contributed by atoms with Crippen molar-refractivity contribution in [2.24, 2.45) is 0 Å². The predicted molar refractivity (Wildman–Crippen MR) is 72.0 cm³/mol. The Kier molecular flexibility index (Phi) is 3.95. The van der Waals surface area contributed by atoms with Gasteiger partial charge in [-0.1, -0.05) is 6.07 Å². The Morgan fingerprint density at radius 2 is 2.21 bits per heavy atom. The molecule has 0 saturated carbocycles. The Labute approximate surface area is 115 Å². The molecule has 1 atom stereocenters. The largest absolute Gasteiger partial charge is 0.244 e. The third-order valence-electron chi connectivity index (χ3n) is 2.46. The smallest absolute Gasteiger partial charge is 0.242 e. The van der Waals surface area contributed by atoms with Gasteiger partial charge < -0.3 is 0 Å². The quantitative estimate of drug-likeness (QED) is 0.935. The van der Waals surface area contributed by atoms with Crippen LogP contribution in [0.3, 0.4) is 0 Å². The van der Waals surface area contributed by atoms with Crippen molar-refractivity contribution in [1.82, 2.24) is 9.71 Å². The van der Waals surface area contributed by atoms with Gasteiger partial charge in [0.05, 0.1) is 6.04 Å². The molecular weight excluding hydrogens is 282 g/mol. The zero-order valence-electron chi connectivity index (χ0n) is 10.1. The molecule has 0 aliphatic heterocycles. The summed E-state index contributed by atoms with van der Waals surface area (Å²) in [5.74, 6) is 0. The van der Waals surface area contributed by atoms with Gasteiger partial charge in [-0.15, -0.1) is 11.3 Å². The first-order valence-corrected chi connectivity index (χ1v) is 7.81. The first-order chi connectivity index (χ1) is 9.03. The number of nitrogens with zero attached hydrogens (tertiary/aromatic N) is 2. The Morgan fingerprint density at radius 1 is 1.42 bits per heavy atom. The average Bonchev–Trinajstić information content (AvgIpc) is 2.92. The van der Waals surface area contributed by atoms with E-state index < -0.39 is 10.0 Å². The van der Waals surface area contributed by atoms with Crippen molar-refractivity contribution in [1.29, 1.82) is 5.26 Å². The van der Waals surface area contributed by atoms with Crippen LogP contribution >= 0.6 is 11.3 Å². The Balaban J connectivity index is 2.20. The summed E-state index contributed by atoms with van der Waals surface area (Å²) in [6.07, 6.45) is 1.18. The van der Waals surface area contributed by atoms with Gasteiger partial charge in [0, 0.05) is 11.1 Å². The number of nitriles is 1. The number of nitrogens with one attached hydrogen (secondary N) is 1. The van der Waals surface area contributed by atoms with Crippen LogP contribution in [0.15, 0.2) is 40.7 Å². The summed E-state index contributed by atoms with van der Waals surface area (Å²) in [4.78, 5) is 4.74. The fourth-order valence-corrected chi connectivity index (χ4v) is 3.48. The van der Waals surface area contributed by atoms with Crippen molar-refractivity contribution < 1.29 is 8.42 Å². The number of aromatic nitrogens is 1. The van der Waals surface area contributed by atoms with Gasteiger partial charge in [-0.25, -0.2) is 18.1 Å². The lowest BCUT2D eigenvalue weighted by atomic mass is 10.3. The summed E-state index contributed by atoms with van der Waals surface area (Å²) in [6.45, 7) is 1.78. The number of sulfonamides is 1. The van der Waals surface area contributed by atoms with E-state index in [9.17, 15) is 8.42 Å². The monoisotopic (exact) mass is 293 g/mol. The van der Waals surface area contributed by atoms with Gasteiger partial charge >= 0.3 is 0 Å². The molecule has 19 heavy (non-hydrogen) atoms. The highest BCUT2D eigenvalue weighted by Crippen LogP contribution is 2.20. The lowest BCUT2D eigenvalue weighted by Crippen LogP contribution is -2.26. The first kappa shape index (κ1) is 13.7. The molecule has 0 saturated heterocycles. The summed E-state index contributed by atoms with van der Waals surface area (Å²) < 4.78 is 26.8. The summed E-state index contributed by atoms with van der Waals surface area (Å²) >= 11 is 1.49. The van der Waals surface area contributed by atoms with Crippen molar-refractivity contribution in [2.45, 2.75) is 17.9 Å². The summed E-state index contributed by atoms with van der Waals surface area (Å²) in [5, 5.41) is 10.5. The third-order valence-corrected chi connectivity index (χ3v) is 5.04. The number of hydrogen-bond donors (Lipinski definition) is 1. The van der Waals surface area contributed by atoms with Crippen LogP contribution in [-0.2, 0) is 10.0 Å². The van der Waals surface area contributed by atoms with Crippen molar-refractivity contribution in [3.63, 3.8) is 0 Å². The maximum Gasteiger partial charge on any atom is 0.242 e. The van der Waals surface area contributed by atoms with E-state index in [-0.39, 0.29) is 16.6 Å². The van der Waals surface area contributed by atoms with Crippen molar-refractivity contribution in [3.05, 3.63) is 46.4 Å². The van der Waals surface area contributed by atoms with E-state index in [4.69, 9.17) is 5.26 Å². The molecule has 0 fully saturated rings. The van der Waals surface area contributed by atoms with E-state index in [2.05, 4.69) is 9.71 Å². The second-order valence-corrected chi connectivity index (χ2v) is 6.54. The molecule has 5 nitrogen and oxygen atoms in total. The van der Waals surface area contributed by atoms with Gasteiger partial charge in [0.1, 0.15) is 16.7 Å². The Morgan fingerprint density at radius 3 is 2.74 bits per heavy atom. The second-order valence-electron chi connectivity index (χ2n) is 3.85. The topological polar surface area (TPSA) is 82.9 Å². The van der Waals surface area contributed by atoms with Gasteiger partial charge in [-0.3, -0.25) is 0 Å². The predicted octanol–water partition coefficient (Wildman–Crippen LogP) is 2.05. The molecule has 2 heterocycles. The minimum Gasteiger partial charge on any atom is -0.244 e. The standard InChI is InChI=1S/C12H11N3O2S2/c1-9(12-3-2-6-18-12)15-19(16,17)11-5-4-10(7-13)14-8-11/h2-6,8-9,15H,1H3. The Hall–Kier alpha value is -1.75. The number of rotatable bonds is 4. The second kappa shape index (κ2) is 5.48. The number of pyridine rings is 1. The molecule has 0 radical (unpaired) electrons. The van der Waals surface area contributed by atoms with E-state index in [1.165, 1.54) is 29.7 Å². The van der Waals surface area contributed by atoms with Gasteiger partial charge in [0.2, 0.25) is 10.0 Å². The number of thiophene rings is 1. The van der Waals surface area contributed by atoms with E-state index in [0.29, 0.717) is 0 Å². The fraction of sp³-hybridized carbons (Fsp3) is 0.167. The molecule has 0 bridgehead atoms. The zero-order chi connectivity index (χ0) is 13.9. The van der Waals surface area contributed by atoms with E-state index >= 15 is 0 Å². The molecule has 1 unspecified atom stereocenters. The Bertz CT molecular complexity index is 686. The van der Waals surface area contributed by atoms with Crippen LogP contribution in [0.25, 0.3) is 0 Å². The van der Waals surface area contributed by atoms with Gasteiger partial charge in [0.15, 0.2) is 0 Å². The van der Waals surface area contributed by atoms with Gasteiger partial charge in [-0.2, -0.15) is 5.26 Å². The minimum atomic E-state index is -3.63. The highest BCUT2D eigenvalue weighted by atomic mass is 32.2. The molecule has 1 N–H and O–H groups in total. The maximum atomic E-state index is 12.1. The van der Waals surface area contributed by atoms with Crippen LogP contribution in [0.4, 0.5) is 0 Å². The SMILES string of the molecule is CC(NS(=O)(=O)c1ccc(C#N)nc1)c1cccs1. The van der Waals surface area contributed by atoms with Crippen LogP contribution in [0.5, 0.6) is 0 Å². The summed E-state index contributed by atoms with van der Waals surface area (Å²) in [5.41, 5.74) is 0.185. The third kappa shape index (κ3) is 3.17. The van der Waals surface area contributed by atoms with E-state index in [1.807, 2.05) is 23.6 Å². The van der Waals surface area contributed by atoms with Crippen LogP contribution in [0, 0.1) is 11.3 Å². The molecular formula is C12H11N3O2S2. The first-order valence-electron chi connectivity index (χ1n) is 5.45. The van der Waals surface area contributed by atoms with Gasteiger partial charge in [0.25, 0.3) is 0 Å². The highest BCUT2D eigenvalue weighted by Gasteiger charge is 2.19. The summed E-state index contributed by atoms with van der Waals surface area (Å²) in [7, 11) is -3.63.